The summed E-state index contributed by atoms with van der Waals surface area (Å²) in [6.45, 7) is 3.09. The third-order valence-corrected chi connectivity index (χ3v) is 7.98. The summed E-state index contributed by atoms with van der Waals surface area (Å²) in [5, 5.41) is 0. The molecule has 238 valence electrons. The van der Waals surface area contributed by atoms with Crippen LogP contribution in [0.25, 0.3) is 11.3 Å². The van der Waals surface area contributed by atoms with Crippen LogP contribution >= 0.6 is 0 Å². The van der Waals surface area contributed by atoms with E-state index in [1.54, 1.807) is 12.1 Å². The van der Waals surface area contributed by atoms with Crippen LogP contribution in [-0.4, -0.2) is 29.2 Å². The second-order valence-electron chi connectivity index (χ2n) is 11.7. The molecule has 2 aromatic carbocycles. The number of aromatic nitrogens is 2. The topological polar surface area (TPSA) is 70.5 Å². The molecule has 0 atom stereocenters. The number of ether oxygens (including phenoxy) is 3. The van der Waals surface area contributed by atoms with Crippen LogP contribution in [0.15, 0.2) is 48.9 Å². The Kier molecular flexibility index (Phi) is 13.9. The van der Waals surface area contributed by atoms with Crippen LogP contribution < -0.4 is 14.2 Å². The average Bonchev–Trinajstić information content (AvgIpc) is 3.87. The van der Waals surface area contributed by atoms with Gasteiger partial charge in [0.15, 0.2) is 17.3 Å². The van der Waals surface area contributed by atoms with E-state index in [2.05, 4.69) is 16.9 Å². The van der Waals surface area contributed by atoms with Gasteiger partial charge in [-0.2, -0.15) is 4.39 Å². The number of esters is 1. The quantitative estimate of drug-likeness (QED) is 0.0885. The van der Waals surface area contributed by atoms with Gasteiger partial charge in [0.1, 0.15) is 17.8 Å². The summed E-state index contributed by atoms with van der Waals surface area (Å²) in [5.74, 6) is -2.12. The maximum atomic E-state index is 14.9. The first-order chi connectivity index (χ1) is 21.6. The number of nitrogens with zero attached hydrogens (tertiary/aromatic N) is 2. The summed E-state index contributed by atoms with van der Waals surface area (Å²) in [5.41, 5.74) is 0.443. The second kappa shape index (κ2) is 18.3. The predicted octanol–water partition coefficient (Wildman–Crippen LogP) is 9.90. The number of benzene rings is 2. The van der Waals surface area contributed by atoms with Crippen molar-refractivity contribution in [3.05, 3.63) is 66.1 Å². The Balaban J connectivity index is 1.27. The molecule has 0 spiro atoms. The molecule has 0 radical (unpaired) electrons. The highest BCUT2D eigenvalue weighted by molar-refractivity contribution is 5.92. The van der Waals surface area contributed by atoms with Gasteiger partial charge < -0.3 is 14.2 Å². The summed E-state index contributed by atoms with van der Waals surface area (Å²) < 4.78 is 46.6. The zero-order valence-corrected chi connectivity index (χ0v) is 26.0. The van der Waals surface area contributed by atoms with Crippen LogP contribution in [0.4, 0.5) is 8.78 Å². The monoisotopic (exact) mass is 608 g/mol. The zero-order chi connectivity index (χ0) is 31.0. The molecule has 8 heteroatoms. The third kappa shape index (κ3) is 10.9. The number of rotatable bonds is 21. The molecular weight excluding hydrogens is 562 g/mol. The highest BCUT2D eigenvalue weighted by Crippen LogP contribution is 2.34. The summed E-state index contributed by atoms with van der Waals surface area (Å²) in [4.78, 5) is 21.1. The second-order valence-corrected chi connectivity index (χ2v) is 11.7. The van der Waals surface area contributed by atoms with Crippen molar-refractivity contribution >= 4 is 5.97 Å². The van der Waals surface area contributed by atoms with Crippen molar-refractivity contribution in [1.82, 2.24) is 9.97 Å². The fourth-order valence-electron chi connectivity index (χ4n) is 5.20. The standard InChI is InChI=1S/C36H46F2N2O4/c1-2-3-4-5-9-12-22-42-29-17-14-16-28(24-29)35-32(25-39-26-40-35)44-36(41)30-20-21-31(34(38)33(30)37)43-23-13-10-7-6-8-11-15-27-18-19-27/h14,16-17,20-21,24-27H,2-13,15,18-19,22-23H2,1H3. The van der Waals surface area contributed by atoms with Gasteiger partial charge in [0, 0.05) is 5.56 Å². The molecule has 1 fully saturated rings. The minimum atomic E-state index is -1.31. The first kappa shape index (κ1) is 33.3. The molecule has 3 aromatic rings. The molecule has 1 aliphatic rings. The maximum absolute atomic E-state index is 14.9. The van der Waals surface area contributed by atoms with E-state index in [0.717, 1.165) is 38.0 Å². The number of carbonyl (C=O) groups is 1. The predicted molar refractivity (Wildman–Crippen MR) is 168 cm³/mol. The Morgan fingerprint density at radius 3 is 2.27 bits per heavy atom. The normalized spacial score (nSPS) is 12.7. The number of hydrogen-bond acceptors (Lipinski definition) is 6. The molecule has 0 bridgehead atoms. The lowest BCUT2D eigenvalue weighted by Gasteiger charge is -2.12. The summed E-state index contributed by atoms with van der Waals surface area (Å²) >= 11 is 0. The molecule has 4 rings (SSSR count). The minimum absolute atomic E-state index is 0.0262. The van der Waals surface area contributed by atoms with Gasteiger partial charge in [0.25, 0.3) is 0 Å². The molecule has 1 saturated carbocycles. The van der Waals surface area contributed by atoms with E-state index in [1.165, 1.54) is 88.9 Å². The Labute approximate surface area is 260 Å². The zero-order valence-electron chi connectivity index (χ0n) is 26.0. The highest BCUT2D eigenvalue weighted by Gasteiger charge is 2.23. The van der Waals surface area contributed by atoms with Crippen LogP contribution in [0.2, 0.25) is 0 Å². The highest BCUT2D eigenvalue weighted by atomic mass is 19.2. The van der Waals surface area contributed by atoms with Gasteiger partial charge in [-0.3, -0.25) is 0 Å². The Morgan fingerprint density at radius 2 is 1.52 bits per heavy atom. The van der Waals surface area contributed by atoms with Crippen LogP contribution in [0.1, 0.15) is 114 Å². The SMILES string of the molecule is CCCCCCCCOc1cccc(-c2ncncc2OC(=O)c2ccc(OCCCCCCCCC3CC3)c(F)c2F)c1. The molecule has 0 saturated heterocycles. The first-order valence-corrected chi connectivity index (χ1v) is 16.4. The van der Waals surface area contributed by atoms with Crippen molar-refractivity contribution in [3.63, 3.8) is 0 Å². The van der Waals surface area contributed by atoms with Crippen molar-refractivity contribution in [2.24, 2.45) is 5.92 Å². The molecule has 0 amide bonds. The van der Waals surface area contributed by atoms with Crippen molar-refractivity contribution < 1.29 is 27.8 Å². The lowest BCUT2D eigenvalue weighted by molar-refractivity contribution is 0.0728. The van der Waals surface area contributed by atoms with Crippen molar-refractivity contribution in [1.29, 1.82) is 0 Å². The molecule has 0 aliphatic heterocycles. The van der Waals surface area contributed by atoms with Crippen LogP contribution in [-0.2, 0) is 0 Å². The maximum Gasteiger partial charge on any atom is 0.346 e. The van der Waals surface area contributed by atoms with E-state index in [0.29, 0.717) is 23.6 Å². The Hall–Kier alpha value is -3.55. The number of hydrogen-bond donors (Lipinski definition) is 0. The molecule has 1 heterocycles. The van der Waals surface area contributed by atoms with E-state index < -0.39 is 23.2 Å². The van der Waals surface area contributed by atoms with Crippen molar-refractivity contribution in [2.75, 3.05) is 13.2 Å². The lowest BCUT2D eigenvalue weighted by Crippen LogP contribution is -2.13. The van der Waals surface area contributed by atoms with E-state index >= 15 is 0 Å². The number of unbranched alkanes of at least 4 members (excludes halogenated alkanes) is 10. The number of carbonyl (C=O) groups excluding carboxylic acids is 1. The van der Waals surface area contributed by atoms with E-state index in [-0.39, 0.29) is 18.1 Å². The Morgan fingerprint density at radius 1 is 0.818 bits per heavy atom. The van der Waals surface area contributed by atoms with Gasteiger partial charge in [-0.05, 0) is 43.0 Å². The third-order valence-electron chi connectivity index (χ3n) is 7.98. The van der Waals surface area contributed by atoms with Gasteiger partial charge >= 0.3 is 5.97 Å². The van der Waals surface area contributed by atoms with Crippen molar-refractivity contribution in [3.8, 4) is 28.5 Å². The molecule has 1 aromatic heterocycles. The van der Waals surface area contributed by atoms with E-state index in [1.807, 2.05) is 12.1 Å². The van der Waals surface area contributed by atoms with Gasteiger partial charge in [0.2, 0.25) is 5.82 Å². The van der Waals surface area contributed by atoms with Crippen molar-refractivity contribution in [2.45, 2.75) is 103 Å². The molecule has 0 unspecified atom stereocenters. The van der Waals surface area contributed by atoms with Crippen LogP contribution in [0, 0.1) is 17.6 Å². The first-order valence-electron chi connectivity index (χ1n) is 16.4. The van der Waals surface area contributed by atoms with Gasteiger partial charge in [0.05, 0.1) is 25.0 Å². The summed E-state index contributed by atoms with van der Waals surface area (Å²) in [7, 11) is 0. The molecular formula is C36H46F2N2O4. The smallest absolute Gasteiger partial charge is 0.346 e. The molecule has 6 nitrogen and oxygen atoms in total. The van der Waals surface area contributed by atoms with E-state index in [4.69, 9.17) is 14.2 Å². The lowest BCUT2D eigenvalue weighted by atomic mass is 10.1. The van der Waals surface area contributed by atoms with Gasteiger partial charge in [-0.15, -0.1) is 0 Å². The minimum Gasteiger partial charge on any atom is -0.494 e. The largest absolute Gasteiger partial charge is 0.494 e. The van der Waals surface area contributed by atoms with Gasteiger partial charge in [-0.25, -0.2) is 19.2 Å². The fraction of sp³-hybridized carbons (Fsp3) is 0.528. The van der Waals surface area contributed by atoms with E-state index in [9.17, 15) is 13.6 Å². The summed E-state index contributed by atoms with van der Waals surface area (Å²) in [6.07, 6.45) is 20.4. The Bertz CT molecular complexity index is 1320. The summed E-state index contributed by atoms with van der Waals surface area (Å²) in [6, 6.07) is 9.72. The van der Waals surface area contributed by atoms with Crippen LogP contribution in [0.5, 0.6) is 17.2 Å². The molecule has 1 aliphatic carbocycles. The average molecular weight is 609 g/mol. The van der Waals surface area contributed by atoms with Gasteiger partial charge in [-0.1, -0.05) is 103 Å². The van der Waals surface area contributed by atoms with Crippen LogP contribution in [0.3, 0.4) is 0 Å². The fourth-order valence-corrected chi connectivity index (χ4v) is 5.20. The number of halogens is 2. The molecule has 0 N–H and O–H groups in total. The molecule has 44 heavy (non-hydrogen) atoms.